The third-order valence-corrected chi connectivity index (χ3v) is 3.98. The van der Waals surface area contributed by atoms with E-state index in [2.05, 4.69) is 10.6 Å². The van der Waals surface area contributed by atoms with Gasteiger partial charge in [0.25, 0.3) is 0 Å². The molecule has 0 atom stereocenters. The SMILES string of the molecule is C#CCCCNS(=O)(=O)c1cc(N)ccc1Cl. The first-order valence-electron chi connectivity index (χ1n) is 4.95. The third kappa shape index (κ3) is 3.93. The minimum atomic E-state index is -3.62. The van der Waals surface area contributed by atoms with Crippen LogP contribution >= 0.6 is 11.6 Å². The zero-order valence-corrected chi connectivity index (χ0v) is 10.7. The van der Waals surface area contributed by atoms with Crippen LogP contribution in [0, 0.1) is 12.3 Å². The third-order valence-electron chi connectivity index (χ3n) is 2.03. The summed E-state index contributed by atoms with van der Waals surface area (Å²) in [5.74, 6) is 2.43. The van der Waals surface area contributed by atoms with Crippen molar-refractivity contribution >= 4 is 27.3 Å². The molecular weight excluding hydrogens is 260 g/mol. The molecule has 1 aromatic carbocycles. The van der Waals surface area contributed by atoms with Crippen LogP contribution in [0.25, 0.3) is 0 Å². The normalized spacial score (nSPS) is 11.1. The summed E-state index contributed by atoms with van der Waals surface area (Å²) < 4.78 is 26.1. The predicted octanol–water partition coefficient (Wildman–Crippen LogP) is 1.61. The van der Waals surface area contributed by atoms with E-state index in [1.54, 1.807) is 6.07 Å². The molecule has 0 aliphatic rings. The lowest BCUT2D eigenvalue weighted by molar-refractivity contribution is 0.580. The van der Waals surface area contributed by atoms with Gasteiger partial charge in [0.1, 0.15) is 4.90 Å². The highest BCUT2D eigenvalue weighted by Crippen LogP contribution is 2.23. The molecule has 0 unspecified atom stereocenters. The van der Waals surface area contributed by atoms with Crippen LogP contribution in [0.1, 0.15) is 12.8 Å². The fraction of sp³-hybridized carbons (Fsp3) is 0.273. The maximum absolute atomic E-state index is 11.9. The average Bonchev–Trinajstić information content (AvgIpc) is 2.28. The summed E-state index contributed by atoms with van der Waals surface area (Å²) in [6.07, 6.45) is 6.17. The number of nitrogens with two attached hydrogens (primary N) is 1. The molecule has 0 bridgehead atoms. The van der Waals surface area contributed by atoms with Crippen molar-refractivity contribution in [2.75, 3.05) is 12.3 Å². The predicted molar refractivity (Wildman–Crippen MR) is 69.1 cm³/mol. The van der Waals surface area contributed by atoms with Gasteiger partial charge in [-0.25, -0.2) is 13.1 Å². The molecule has 92 valence electrons. The number of sulfonamides is 1. The second kappa shape index (κ2) is 5.92. The van der Waals surface area contributed by atoms with Gasteiger partial charge in [-0.1, -0.05) is 11.6 Å². The molecule has 0 aromatic heterocycles. The lowest BCUT2D eigenvalue weighted by Crippen LogP contribution is -2.25. The Hall–Kier alpha value is -1.22. The molecule has 0 amide bonds. The molecule has 0 heterocycles. The number of anilines is 1. The molecule has 4 nitrogen and oxygen atoms in total. The van der Waals surface area contributed by atoms with Crippen molar-refractivity contribution in [1.29, 1.82) is 0 Å². The average molecular weight is 273 g/mol. The van der Waals surface area contributed by atoms with Gasteiger partial charge in [0.2, 0.25) is 10.0 Å². The summed E-state index contributed by atoms with van der Waals surface area (Å²) in [6.45, 7) is 0.275. The smallest absolute Gasteiger partial charge is 0.242 e. The summed E-state index contributed by atoms with van der Waals surface area (Å²) >= 11 is 5.81. The van der Waals surface area contributed by atoms with E-state index in [0.29, 0.717) is 18.5 Å². The number of nitrogen functional groups attached to an aromatic ring is 1. The van der Waals surface area contributed by atoms with Crippen molar-refractivity contribution < 1.29 is 8.42 Å². The molecular formula is C11H13ClN2O2S. The zero-order valence-electron chi connectivity index (χ0n) is 9.11. The van der Waals surface area contributed by atoms with Crippen LogP contribution in [0.4, 0.5) is 5.69 Å². The minimum absolute atomic E-state index is 0.0140. The van der Waals surface area contributed by atoms with Crippen molar-refractivity contribution in [2.24, 2.45) is 0 Å². The molecule has 3 N–H and O–H groups in total. The summed E-state index contributed by atoms with van der Waals surface area (Å²) in [5.41, 5.74) is 5.87. The van der Waals surface area contributed by atoms with Crippen LogP contribution in [0.2, 0.25) is 5.02 Å². The largest absolute Gasteiger partial charge is 0.399 e. The van der Waals surface area contributed by atoms with Crippen LogP contribution < -0.4 is 10.5 Å². The van der Waals surface area contributed by atoms with Crippen molar-refractivity contribution in [3.05, 3.63) is 23.2 Å². The first kappa shape index (κ1) is 13.8. The zero-order chi connectivity index (χ0) is 12.9. The molecule has 0 saturated carbocycles. The number of benzene rings is 1. The fourth-order valence-electron chi connectivity index (χ4n) is 1.20. The van der Waals surface area contributed by atoms with Gasteiger partial charge >= 0.3 is 0 Å². The van der Waals surface area contributed by atoms with Gasteiger partial charge in [0.05, 0.1) is 5.02 Å². The lowest BCUT2D eigenvalue weighted by atomic mass is 10.3. The second-order valence-corrected chi connectivity index (χ2v) is 5.54. The topological polar surface area (TPSA) is 72.2 Å². The molecule has 0 aliphatic carbocycles. The van der Waals surface area contributed by atoms with E-state index in [1.165, 1.54) is 12.1 Å². The Bertz CT molecular complexity index is 535. The molecule has 0 fully saturated rings. The Labute approximate surface area is 106 Å². The van der Waals surface area contributed by atoms with E-state index >= 15 is 0 Å². The van der Waals surface area contributed by atoms with E-state index in [1.807, 2.05) is 0 Å². The van der Waals surface area contributed by atoms with Gasteiger partial charge < -0.3 is 5.73 Å². The standard InChI is InChI=1S/C11H13ClN2O2S/c1-2-3-4-7-14-17(15,16)11-8-9(13)5-6-10(11)12/h1,5-6,8,14H,3-4,7,13H2. The quantitative estimate of drug-likeness (QED) is 0.486. The minimum Gasteiger partial charge on any atom is -0.399 e. The molecule has 0 aliphatic heterocycles. The van der Waals surface area contributed by atoms with Crippen molar-refractivity contribution in [1.82, 2.24) is 4.72 Å². The molecule has 1 rings (SSSR count). The second-order valence-electron chi connectivity index (χ2n) is 3.40. The summed E-state index contributed by atoms with van der Waals surface area (Å²) in [4.78, 5) is -0.0140. The van der Waals surface area contributed by atoms with Crippen LogP contribution in [0.3, 0.4) is 0 Å². The number of unbranched alkanes of at least 4 members (excludes halogenated alkanes) is 1. The Morgan fingerprint density at radius 1 is 1.47 bits per heavy atom. The van der Waals surface area contributed by atoms with Gasteiger partial charge in [0, 0.05) is 18.7 Å². The molecule has 1 aromatic rings. The lowest BCUT2D eigenvalue weighted by Gasteiger charge is -2.08. The van der Waals surface area contributed by atoms with Crippen LogP contribution in [0.15, 0.2) is 23.1 Å². The van der Waals surface area contributed by atoms with Gasteiger partial charge in [-0.3, -0.25) is 0 Å². The highest BCUT2D eigenvalue weighted by atomic mass is 35.5. The number of hydrogen-bond donors (Lipinski definition) is 2. The first-order chi connectivity index (χ1) is 7.97. The highest BCUT2D eigenvalue weighted by molar-refractivity contribution is 7.89. The van der Waals surface area contributed by atoms with E-state index in [0.717, 1.165) is 0 Å². The maximum Gasteiger partial charge on any atom is 0.242 e. The Morgan fingerprint density at radius 2 is 2.18 bits per heavy atom. The van der Waals surface area contributed by atoms with Gasteiger partial charge in [-0.05, 0) is 24.6 Å². The van der Waals surface area contributed by atoms with E-state index in [9.17, 15) is 8.42 Å². The van der Waals surface area contributed by atoms with Gasteiger partial charge in [0.15, 0.2) is 0 Å². The molecule has 0 spiro atoms. The van der Waals surface area contributed by atoms with Crippen LogP contribution in [-0.4, -0.2) is 15.0 Å². The van der Waals surface area contributed by atoms with Crippen molar-refractivity contribution in [3.8, 4) is 12.3 Å². The maximum atomic E-state index is 11.9. The van der Waals surface area contributed by atoms with Gasteiger partial charge in [-0.15, -0.1) is 12.3 Å². The van der Waals surface area contributed by atoms with Crippen molar-refractivity contribution in [2.45, 2.75) is 17.7 Å². The van der Waals surface area contributed by atoms with Crippen LogP contribution in [0.5, 0.6) is 0 Å². The number of halogens is 1. The molecule has 0 radical (unpaired) electrons. The van der Waals surface area contributed by atoms with Gasteiger partial charge in [-0.2, -0.15) is 0 Å². The first-order valence-corrected chi connectivity index (χ1v) is 6.81. The highest BCUT2D eigenvalue weighted by Gasteiger charge is 2.17. The summed E-state index contributed by atoms with van der Waals surface area (Å²) in [5, 5.41) is 0.142. The Balaban J connectivity index is 2.83. The number of hydrogen-bond acceptors (Lipinski definition) is 3. The van der Waals surface area contributed by atoms with E-state index in [4.69, 9.17) is 23.8 Å². The van der Waals surface area contributed by atoms with E-state index < -0.39 is 10.0 Å². The summed E-state index contributed by atoms with van der Waals surface area (Å²) in [7, 11) is -3.62. The Kier molecular flexibility index (Phi) is 4.82. The fourth-order valence-corrected chi connectivity index (χ4v) is 2.81. The number of nitrogens with one attached hydrogen (secondary N) is 1. The number of rotatable bonds is 5. The van der Waals surface area contributed by atoms with E-state index in [-0.39, 0.29) is 16.5 Å². The number of terminal acetylenes is 1. The molecule has 17 heavy (non-hydrogen) atoms. The van der Waals surface area contributed by atoms with Crippen molar-refractivity contribution in [3.63, 3.8) is 0 Å². The van der Waals surface area contributed by atoms with Crippen LogP contribution in [-0.2, 0) is 10.0 Å². The molecule has 6 heteroatoms. The monoisotopic (exact) mass is 272 g/mol. The Morgan fingerprint density at radius 3 is 2.82 bits per heavy atom. The molecule has 0 saturated heterocycles. The summed E-state index contributed by atoms with van der Waals surface area (Å²) in [6, 6.07) is 4.32.